The van der Waals surface area contributed by atoms with E-state index in [0.29, 0.717) is 16.8 Å². The van der Waals surface area contributed by atoms with Crippen molar-refractivity contribution in [1.82, 2.24) is 5.32 Å². The van der Waals surface area contributed by atoms with Gasteiger partial charge >= 0.3 is 0 Å². The van der Waals surface area contributed by atoms with Gasteiger partial charge in [-0.2, -0.15) is 0 Å². The van der Waals surface area contributed by atoms with Crippen LogP contribution in [0.1, 0.15) is 47.7 Å². The Morgan fingerprint density at radius 2 is 2.30 bits per heavy atom. The van der Waals surface area contributed by atoms with Crippen molar-refractivity contribution >= 4 is 17.2 Å². The van der Waals surface area contributed by atoms with Gasteiger partial charge in [0, 0.05) is 6.04 Å². The summed E-state index contributed by atoms with van der Waals surface area (Å²) in [5.74, 6) is 6.71. The van der Waals surface area contributed by atoms with E-state index in [1.165, 1.54) is 24.2 Å². The summed E-state index contributed by atoms with van der Waals surface area (Å²) in [5, 5.41) is 11.8. The Bertz CT molecular complexity index is 526. The van der Waals surface area contributed by atoms with Crippen LogP contribution in [-0.2, 0) is 0 Å². The fraction of sp³-hybridized carbons (Fsp3) is 0.562. The van der Waals surface area contributed by atoms with Crippen LogP contribution in [0.5, 0.6) is 0 Å². The van der Waals surface area contributed by atoms with Crippen molar-refractivity contribution < 1.29 is 9.90 Å². The van der Waals surface area contributed by atoms with Gasteiger partial charge in [0.15, 0.2) is 0 Å². The molecule has 1 heterocycles. The molecule has 3 unspecified atom stereocenters. The Hall–Kier alpha value is -1.31. The van der Waals surface area contributed by atoms with Crippen LogP contribution >= 0.6 is 11.3 Å². The van der Waals surface area contributed by atoms with Gasteiger partial charge in [-0.3, -0.25) is 4.79 Å². The average Bonchev–Trinajstić information content (AvgIpc) is 3.04. The Balaban J connectivity index is 1.97. The highest BCUT2D eigenvalue weighted by atomic mass is 32.1. The van der Waals surface area contributed by atoms with Gasteiger partial charge in [-0.15, -0.1) is 11.3 Å². The first-order valence-corrected chi connectivity index (χ1v) is 7.97. The van der Waals surface area contributed by atoms with E-state index in [0.717, 1.165) is 17.2 Å². The second-order valence-corrected chi connectivity index (χ2v) is 6.39. The molecule has 3 nitrogen and oxygen atoms in total. The van der Waals surface area contributed by atoms with Gasteiger partial charge in [-0.25, -0.2) is 0 Å². The lowest BCUT2D eigenvalue weighted by Gasteiger charge is -2.20. The van der Waals surface area contributed by atoms with Crippen LogP contribution in [0.25, 0.3) is 0 Å². The van der Waals surface area contributed by atoms with Crippen LogP contribution < -0.4 is 5.32 Å². The molecule has 0 saturated heterocycles. The molecule has 0 spiro atoms. The summed E-state index contributed by atoms with van der Waals surface area (Å²) >= 11 is 1.38. The number of hydrogen-bond acceptors (Lipinski definition) is 3. The minimum absolute atomic E-state index is 0.000603. The van der Waals surface area contributed by atoms with Gasteiger partial charge in [-0.05, 0) is 36.8 Å². The molecule has 3 atom stereocenters. The van der Waals surface area contributed by atoms with E-state index in [-0.39, 0.29) is 12.5 Å². The van der Waals surface area contributed by atoms with Crippen LogP contribution in [0.3, 0.4) is 0 Å². The molecule has 0 aliphatic heterocycles. The third-order valence-corrected chi connectivity index (χ3v) is 5.19. The molecule has 1 aromatic heterocycles. The average molecular weight is 291 g/mol. The van der Waals surface area contributed by atoms with Gasteiger partial charge in [-0.1, -0.05) is 32.1 Å². The Morgan fingerprint density at radius 3 is 2.95 bits per heavy atom. The second kappa shape index (κ2) is 6.92. The van der Waals surface area contributed by atoms with Crippen molar-refractivity contribution in [3.8, 4) is 11.8 Å². The first-order valence-electron chi connectivity index (χ1n) is 7.16. The first-order chi connectivity index (χ1) is 9.65. The fourth-order valence-electron chi connectivity index (χ4n) is 2.92. The van der Waals surface area contributed by atoms with Crippen molar-refractivity contribution in [1.29, 1.82) is 0 Å². The standard InChI is InChI=1S/C16H21NO2S/c1-3-12-6-8-14(11(12)2)17-16(19)15-9-7-13(20-15)5-4-10-18/h7,9,11-12,14,18H,3,6,8,10H2,1-2H3,(H,17,19). The lowest BCUT2D eigenvalue weighted by Crippen LogP contribution is -2.37. The van der Waals surface area contributed by atoms with Crippen LogP contribution in [0.4, 0.5) is 0 Å². The van der Waals surface area contributed by atoms with E-state index >= 15 is 0 Å². The van der Waals surface area contributed by atoms with Gasteiger partial charge in [0.1, 0.15) is 6.61 Å². The minimum Gasteiger partial charge on any atom is -0.384 e. The summed E-state index contributed by atoms with van der Waals surface area (Å²) in [4.78, 5) is 13.7. The van der Waals surface area contributed by atoms with E-state index in [4.69, 9.17) is 5.11 Å². The number of aliphatic hydroxyl groups excluding tert-OH is 1. The number of hydrogen-bond donors (Lipinski definition) is 2. The highest BCUT2D eigenvalue weighted by Crippen LogP contribution is 2.34. The van der Waals surface area contributed by atoms with Crippen LogP contribution in [-0.4, -0.2) is 23.7 Å². The van der Waals surface area contributed by atoms with Gasteiger partial charge in [0.05, 0.1) is 9.75 Å². The molecule has 0 aromatic carbocycles. The molecule has 1 aliphatic rings. The van der Waals surface area contributed by atoms with Crippen LogP contribution in [0.15, 0.2) is 12.1 Å². The maximum absolute atomic E-state index is 12.2. The number of thiophene rings is 1. The summed E-state index contributed by atoms with van der Waals surface area (Å²) in [6.45, 7) is 4.30. The first kappa shape index (κ1) is 15.1. The van der Waals surface area contributed by atoms with Gasteiger partial charge in [0.25, 0.3) is 5.91 Å². The van der Waals surface area contributed by atoms with Crippen molar-refractivity contribution in [2.24, 2.45) is 11.8 Å². The summed E-state index contributed by atoms with van der Waals surface area (Å²) in [7, 11) is 0. The normalized spacial score (nSPS) is 25.1. The number of nitrogens with one attached hydrogen (secondary N) is 1. The predicted octanol–water partition coefficient (Wildman–Crippen LogP) is 2.65. The highest BCUT2D eigenvalue weighted by Gasteiger charge is 2.32. The van der Waals surface area contributed by atoms with Crippen molar-refractivity contribution in [3.05, 3.63) is 21.9 Å². The molecule has 20 heavy (non-hydrogen) atoms. The number of carbonyl (C=O) groups is 1. The smallest absolute Gasteiger partial charge is 0.261 e. The number of rotatable bonds is 3. The number of carbonyl (C=O) groups excluding carboxylic acids is 1. The van der Waals surface area contributed by atoms with E-state index in [1.807, 2.05) is 6.07 Å². The zero-order chi connectivity index (χ0) is 14.5. The molecular weight excluding hydrogens is 270 g/mol. The van der Waals surface area contributed by atoms with Crippen LogP contribution in [0.2, 0.25) is 0 Å². The SMILES string of the molecule is CCC1CCC(NC(=O)c2ccc(C#CCO)s2)C1C. The summed E-state index contributed by atoms with van der Waals surface area (Å²) in [6.07, 6.45) is 3.47. The second-order valence-electron chi connectivity index (χ2n) is 5.31. The van der Waals surface area contributed by atoms with E-state index < -0.39 is 0 Å². The molecule has 108 valence electrons. The quantitative estimate of drug-likeness (QED) is 0.841. The monoisotopic (exact) mass is 291 g/mol. The molecule has 1 aliphatic carbocycles. The lowest BCUT2D eigenvalue weighted by atomic mass is 9.93. The van der Waals surface area contributed by atoms with E-state index in [1.54, 1.807) is 6.07 Å². The zero-order valence-electron chi connectivity index (χ0n) is 12.0. The molecule has 1 saturated carbocycles. The molecule has 1 amide bonds. The third kappa shape index (κ3) is 3.41. The predicted molar refractivity (Wildman–Crippen MR) is 81.7 cm³/mol. The van der Waals surface area contributed by atoms with Crippen molar-refractivity contribution in [3.63, 3.8) is 0 Å². The molecule has 0 radical (unpaired) electrons. The maximum Gasteiger partial charge on any atom is 0.261 e. The molecule has 4 heteroatoms. The summed E-state index contributed by atoms with van der Waals surface area (Å²) < 4.78 is 0. The Morgan fingerprint density at radius 1 is 1.50 bits per heavy atom. The molecule has 0 bridgehead atoms. The Labute approximate surface area is 124 Å². The topological polar surface area (TPSA) is 49.3 Å². The van der Waals surface area contributed by atoms with Crippen molar-refractivity contribution in [2.75, 3.05) is 6.61 Å². The minimum atomic E-state index is -0.155. The van der Waals surface area contributed by atoms with Crippen molar-refractivity contribution in [2.45, 2.75) is 39.2 Å². The molecule has 1 aromatic rings. The molecule has 1 fully saturated rings. The fourth-order valence-corrected chi connectivity index (χ4v) is 3.70. The van der Waals surface area contributed by atoms with E-state index in [2.05, 4.69) is 31.0 Å². The highest BCUT2D eigenvalue weighted by molar-refractivity contribution is 7.14. The molecular formula is C16H21NO2S. The maximum atomic E-state index is 12.2. The van der Waals surface area contributed by atoms with Gasteiger partial charge < -0.3 is 10.4 Å². The Kier molecular flexibility index (Phi) is 5.22. The molecule has 2 N–H and O–H groups in total. The summed E-state index contributed by atoms with van der Waals surface area (Å²) in [5.41, 5.74) is 0. The van der Waals surface area contributed by atoms with E-state index in [9.17, 15) is 4.79 Å². The van der Waals surface area contributed by atoms with Gasteiger partial charge in [0.2, 0.25) is 0 Å². The number of amides is 1. The number of aliphatic hydroxyl groups is 1. The molecule has 2 rings (SSSR count). The summed E-state index contributed by atoms with van der Waals surface area (Å²) in [6, 6.07) is 3.93. The largest absolute Gasteiger partial charge is 0.384 e. The third-order valence-electron chi connectivity index (χ3n) is 4.19. The lowest BCUT2D eigenvalue weighted by molar-refractivity contribution is 0.0930. The van der Waals surface area contributed by atoms with Crippen LogP contribution in [0, 0.1) is 23.7 Å². The zero-order valence-corrected chi connectivity index (χ0v) is 12.8.